The Kier molecular flexibility index (Phi) is 33.4. The molecule has 0 aliphatic rings. The van der Waals surface area contributed by atoms with Crippen molar-refractivity contribution in [3.8, 4) is 51.2 Å². The Labute approximate surface area is 801 Å². The second-order valence-electron chi connectivity index (χ2n) is 27.7. The first-order chi connectivity index (χ1) is 65.9. The van der Waals surface area contributed by atoms with Gasteiger partial charge in [0.1, 0.15) is 136 Å². The third-order valence-corrected chi connectivity index (χ3v) is 20.1. The molecule has 6 aromatic heterocycles. The minimum absolute atomic E-state index is 0. The molecule has 37 heteroatoms. The van der Waals surface area contributed by atoms with E-state index in [0.29, 0.717) is 113 Å². The largest absolute Gasteiger partial charge is 0.487 e. The molecule has 0 spiro atoms. The molecule has 6 heterocycles. The van der Waals surface area contributed by atoms with Crippen molar-refractivity contribution in [3.63, 3.8) is 0 Å². The van der Waals surface area contributed by atoms with Crippen molar-refractivity contribution in [2.45, 2.75) is 73.9 Å². The highest BCUT2D eigenvalue weighted by Crippen LogP contribution is 2.38. The van der Waals surface area contributed by atoms with Crippen LogP contribution >= 0.6 is 71.3 Å². The normalized spacial score (nSPS) is 12.8. The van der Waals surface area contributed by atoms with Gasteiger partial charge in [-0.15, -0.1) is 12.4 Å². The molecule has 9 aromatic carbocycles. The lowest BCUT2D eigenvalue weighted by Gasteiger charge is -2.26. The van der Waals surface area contributed by atoms with Crippen molar-refractivity contribution in [1.29, 1.82) is 0 Å². The second kappa shape index (κ2) is 50.4. The van der Waals surface area contributed by atoms with E-state index in [0.717, 1.165) is 47.2 Å². The van der Waals surface area contributed by atoms with Gasteiger partial charge in [0, 0.05) is 111 Å². The number of halogens is 7. The van der Waals surface area contributed by atoms with Gasteiger partial charge in [-0.2, -0.15) is 8.67 Å². The molecule has 0 atom stereocenters. The number of nitrogens with zero attached hydrogens (tertiary/aromatic N) is 7. The van der Waals surface area contributed by atoms with Gasteiger partial charge in [0.2, 0.25) is 0 Å². The number of benzene rings is 9. The van der Waals surface area contributed by atoms with Crippen molar-refractivity contribution >= 4 is 161 Å². The number of aldehydes is 1. The van der Waals surface area contributed by atoms with Crippen LogP contribution in [0.2, 0.25) is 15.1 Å². The Morgan fingerprint density at radius 2 is 0.931 bits per heavy atom. The molecule has 688 valence electrons. The number of fused-ring (bicyclic) bond motifs is 3. The maximum absolute atomic E-state index is 13.7. The second-order valence-corrected chi connectivity index (χ2v) is 32.8. The minimum Gasteiger partial charge on any atom is -0.487 e. The SMILES string of the molecule is C.C.CS(=O)(=O)CCN.Cl.[2H]C(=O)c1ccc(-c2ccc3ncnc(Nc4ccc(OC([2H])([2H])c5cccc(F)c5)c(Cl)c4)c3c2)o1.[2H]C([2H])(NCCSOOC)c1ccc(-c2ccc3ncnc(Nc4ccc(OC([2H])([2H])c5cccc(F)c5)c(Cl)c4)c3c2)o1.[2H]C([2H])(Oc1ccc(Nc2ncnc3ccc(-c4ccc(C([2H])([2H])N(CCSOOC)C(=O)OC(C)(C)C)o4)cc23)cc1Cl)c1cccc(F)c1. The fourth-order valence-corrected chi connectivity index (χ4v) is 13.2. The van der Waals surface area contributed by atoms with E-state index in [-0.39, 0.29) is 118 Å². The van der Waals surface area contributed by atoms with Crippen molar-refractivity contribution in [2.75, 3.05) is 73.3 Å². The topological polar surface area (TPSA) is 336 Å². The zero-order valence-corrected chi connectivity index (χ0v) is 74.5. The van der Waals surface area contributed by atoms with Crippen LogP contribution in [0, 0.1) is 17.5 Å². The van der Waals surface area contributed by atoms with Crippen LogP contribution in [0.1, 0.15) is 89.5 Å². The lowest BCUT2D eigenvalue weighted by Crippen LogP contribution is -2.37. The molecule has 0 aliphatic heterocycles. The number of rotatable bonds is 35. The summed E-state index contributed by atoms with van der Waals surface area (Å²) in [5.74, 6) is 1.68. The molecule has 0 aliphatic carbocycles. The molecule has 131 heavy (non-hydrogen) atoms. The number of nitrogens with one attached hydrogen (secondary N) is 4. The molecule has 1 amide bonds. The maximum atomic E-state index is 13.7. The third-order valence-electron chi connectivity index (χ3n) is 17.1. The van der Waals surface area contributed by atoms with Gasteiger partial charge in [-0.05, 0) is 219 Å². The summed E-state index contributed by atoms with van der Waals surface area (Å²) in [5.41, 5.74) is 9.54. The summed E-state index contributed by atoms with van der Waals surface area (Å²) in [6, 6.07) is 54.8. The van der Waals surface area contributed by atoms with E-state index in [4.69, 9.17) is 96.5 Å². The number of sulfone groups is 1. The summed E-state index contributed by atoms with van der Waals surface area (Å²) in [5, 5.41) is 14.7. The summed E-state index contributed by atoms with van der Waals surface area (Å²) in [7, 11) is -0.0647. The van der Waals surface area contributed by atoms with Gasteiger partial charge in [-0.25, -0.2) is 66.1 Å². The number of hydrogen-bond acceptors (Lipinski definition) is 28. The molecule has 0 fully saturated rings. The molecule has 0 unspecified atom stereocenters. The fraction of sp³-hybridized carbons (Fsp3) is 0.213. The number of carbonyl (C=O) groups is 2. The fourth-order valence-electron chi connectivity index (χ4n) is 11.4. The monoisotopic (exact) mass is 1940 g/mol. The van der Waals surface area contributed by atoms with Gasteiger partial charge >= 0.3 is 6.09 Å². The average molecular weight is 1940 g/mol. The molecule has 0 bridgehead atoms. The zero-order chi connectivity index (χ0) is 100. The lowest BCUT2D eigenvalue weighted by atomic mass is 10.1. The first kappa shape index (κ1) is 87.0. The summed E-state index contributed by atoms with van der Waals surface area (Å²) in [6.45, 7) is -5.76. The summed E-state index contributed by atoms with van der Waals surface area (Å²) < 4.78 is 201. The van der Waals surface area contributed by atoms with Crippen molar-refractivity contribution in [1.82, 2.24) is 40.1 Å². The van der Waals surface area contributed by atoms with Gasteiger partial charge in [0.25, 0.3) is 0 Å². The number of furan rings is 3. The van der Waals surface area contributed by atoms with Crippen molar-refractivity contribution in [2.24, 2.45) is 5.73 Å². The van der Waals surface area contributed by atoms with Crippen LogP contribution in [0.25, 0.3) is 66.7 Å². The Bertz CT molecular complexity index is 7000. The molecule has 27 nitrogen and oxygen atoms in total. The number of nitrogens with two attached hydrogens (primary N) is 1. The van der Waals surface area contributed by atoms with Gasteiger partial charge in [-0.3, -0.25) is 9.69 Å². The van der Waals surface area contributed by atoms with Crippen LogP contribution < -0.4 is 41.2 Å². The van der Waals surface area contributed by atoms with Gasteiger partial charge in [0.05, 0.1) is 78.3 Å². The summed E-state index contributed by atoms with van der Waals surface area (Å²) >= 11 is 21.3. The number of amides is 1. The summed E-state index contributed by atoms with van der Waals surface area (Å²) in [6.07, 6.45) is 3.59. The number of ether oxygens (including phenoxy) is 4. The zero-order valence-electron chi connectivity index (χ0n) is 80.0. The Morgan fingerprint density at radius 3 is 1.30 bits per heavy atom. The van der Waals surface area contributed by atoms with Crippen LogP contribution in [0.4, 0.5) is 52.5 Å². The van der Waals surface area contributed by atoms with Crippen LogP contribution in [0.3, 0.4) is 0 Å². The Balaban J connectivity index is 0.000000229. The van der Waals surface area contributed by atoms with E-state index in [1.54, 1.807) is 118 Å². The van der Waals surface area contributed by atoms with E-state index in [2.05, 4.69) is 60.9 Å². The first-order valence-corrected chi connectivity index (χ1v) is 43.3. The average Bonchev–Trinajstić information content (AvgIpc) is 1.57. The van der Waals surface area contributed by atoms with E-state index in [1.165, 1.54) is 130 Å². The van der Waals surface area contributed by atoms with E-state index in [1.807, 2.05) is 12.1 Å². The maximum Gasteiger partial charge on any atom is 0.410 e. The molecule has 0 radical (unpaired) electrons. The van der Waals surface area contributed by atoms with Crippen LogP contribution in [-0.2, 0) is 65.7 Å². The number of carbonyl (C=O) groups excluding carboxylic acids is 2. The molecule has 15 rings (SSSR count). The lowest BCUT2D eigenvalue weighted by molar-refractivity contribution is -0.160. The number of anilines is 6. The molecule has 0 saturated heterocycles. The van der Waals surface area contributed by atoms with E-state index >= 15 is 0 Å². The van der Waals surface area contributed by atoms with Crippen molar-refractivity contribution in [3.05, 3.63) is 304 Å². The Morgan fingerprint density at radius 1 is 0.534 bits per heavy atom. The highest BCUT2D eigenvalue weighted by Gasteiger charge is 2.25. The first-order valence-electron chi connectivity index (χ1n) is 43.8. The number of hydrogen-bond donors (Lipinski definition) is 5. The third kappa shape index (κ3) is 31.3. The van der Waals surface area contributed by atoms with Gasteiger partial charge < -0.3 is 59.2 Å². The van der Waals surface area contributed by atoms with E-state index < -0.39 is 77.9 Å². The predicted octanol–water partition coefficient (Wildman–Crippen LogP) is 23.8. The van der Waals surface area contributed by atoms with Crippen molar-refractivity contribution < 1.29 is 96.9 Å². The van der Waals surface area contributed by atoms with Crippen LogP contribution in [-0.4, -0.2) is 119 Å². The minimum atomic E-state index is -2.80. The number of aromatic nitrogens is 6. The molecular weight excluding hydrogens is 1830 g/mol. The Hall–Kier alpha value is -12.1. The van der Waals surface area contributed by atoms with Crippen LogP contribution in [0.5, 0.6) is 17.2 Å². The standard InChI is InChI=1S/C34H34ClFN4O6S.C29H26ClFN4O4S.C26H17ClFN3O3.C3H9NO2S.2CH4.ClH/c1-34(2,3)45-33(41)40(14-15-47-46-42-4)19-26-10-13-30(44-26)23-8-11-29-27(17-23)32(38-21-37-29)39-25-9-12-31(28(35)18-25)43-20-22-6-5-7-24(36)16-22;1-36-39-40-12-11-32-16-23-7-10-27(38-23)20-5-8-26-24(14-20)29(34-18-33-26)35-22-6-9-28(25(30)15-22)37-17-19-3-2-4-21(31)13-19;27-22-12-19(5-8-25(22)33-14-16-2-1-3-18(28)10-16)31-26-21-11-17(4-7-23(21)29-15-30-26)24-9-6-20(13-32)34-24;1-7(5,6)3-2-4;;;/h5-13,16-18,21H,14-15,19-20H2,1-4H3,(H,37,38,39);2-10,13-15,18,32H,11-12,16-17H2,1H3,(H,33,34,35);1-13,15H,14H2,(H,29,30,31);2-4H2,1H3;2*1H4;1H/i19D2,20D2;16D2,17D2;13D,14D2;;;;. The van der Waals surface area contributed by atoms with Gasteiger partial charge in [0.15, 0.2) is 12.0 Å². The molecule has 0 saturated carbocycles. The van der Waals surface area contributed by atoms with Crippen LogP contribution in [0.15, 0.2) is 251 Å². The highest BCUT2D eigenvalue weighted by atomic mass is 35.5. The summed E-state index contributed by atoms with van der Waals surface area (Å²) in [4.78, 5) is 60.4. The smallest absolute Gasteiger partial charge is 0.410 e. The quantitative estimate of drug-likeness (QED) is 0.00810. The molecular formula is C94H95Cl4F3N12O15S3. The van der Waals surface area contributed by atoms with E-state index in [9.17, 15) is 31.2 Å². The molecule has 15 aromatic rings. The molecule has 6 N–H and O–H groups in total. The highest BCUT2D eigenvalue weighted by molar-refractivity contribution is 7.94. The van der Waals surface area contributed by atoms with Gasteiger partial charge in [-0.1, -0.05) is 86.1 Å². The predicted molar refractivity (Wildman–Crippen MR) is 512 cm³/mol.